The van der Waals surface area contributed by atoms with Crippen LogP contribution in [0.2, 0.25) is 0 Å². The second-order valence-electron chi connectivity index (χ2n) is 7.86. The van der Waals surface area contributed by atoms with Gasteiger partial charge in [-0.05, 0) is 72.1 Å². The molecular weight excluding hydrogens is 436 g/mol. The van der Waals surface area contributed by atoms with E-state index in [0.717, 1.165) is 33.5 Å². The van der Waals surface area contributed by atoms with Gasteiger partial charge in [-0.2, -0.15) is 0 Å². The van der Waals surface area contributed by atoms with Gasteiger partial charge in [-0.25, -0.2) is 9.98 Å². The van der Waals surface area contributed by atoms with Gasteiger partial charge in [0.1, 0.15) is 11.4 Å². The Hall–Kier alpha value is -4.38. The van der Waals surface area contributed by atoms with Crippen molar-refractivity contribution in [3.05, 3.63) is 114 Å². The van der Waals surface area contributed by atoms with Crippen LogP contribution in [0.15, 0.2) is 107 Å². The van der Waals surface area contributed by atoms with Crippen LogP contribution in [-0.4, -0.2) is 33.1 Å². The highest BCUT2D eigenvalue weighted by Crippen LogP contribution is 2.35. The average molecular weight is 465 g/mol. The van der Waals surface area contributed by atoms with Crippen LogP contribution in [0.25, 0.3) is 11.1 Å². The highest BCUT2D eigenvalue weighted by molar-refractivity contribution is 5.97. The maximum Gasteiger partial charge on any atom is 0.221 e. The molecule has 176 valence electrons. The Labute approximate surface area is 206 Å². The maximum atomic E-state index is 5.66. The fourth-order valence-electron chi connectivity index (χ4n) is 3.75. The Bertz CT molecular complexity index is 1350. The number of nitrogens with zero attached hydrogens (tertiary/aromatic N) is 2. The Balaban J connectivity index is 1.65. The molecule has 0 N–H and O–H groups in total. The Kier molecular flexibility index (Phi) is 7.58. The van der Waals surface area contributed by atoms with Gasteiger partial charge in [0.05, 0.1) is 27.0 Å². The summed E-state index contributed by atoms with van der Waals surface area (Å²) in [6.07, 6.45) is 0. The molecule has 5 heteroatoms. The van der Waals surface area contributed by atoms with Crippen molar-refractivity contribution in [2.75, 3.05) is 21.3 Å². The second-order valence-corrected chi connectivity index (χ2v) is 7.86. The van der Waals surface area contributed by atoms with Gasteiger partial charge in [0.2, 0.25) is 11.8 Å². The predicted octanol–water partition coefficient (Wildman–Crippen LogP) is 7.12. The molecule has 4 aromatic carbocycles. The Morgan fingerprint density at radius 1 is 0.571 bits per heavy atom. The molecule has 0 radical (unpaired) electrons. The molecule has 0 saturated carbocycles. The van der Waals surface area contributed by atoms with Crippen LogP contribution in [0.3, 0.4) is 0 Å². The van der Waals surface area contributed by atoms with Crippen molar-refractivity contribution >= 4 is 23.2 Å². The van der Waals surface area contributed by atoms with E-state index < -0.39 is 0 Å². The monoisotopic (exact) mass is 464 g/mol. The van der Waals surface area contributed by atoms with E-state index in [1.807, 2.05) is 97.9 Å². The summed E-state index contributed by atoms with van der Waals surface area (Å²) in [5, 5.41) is 0. The Morgan fingerprint density at radius 3 is 1.54 bits per heavy atom. The second kappa shape index (κ2) is 11.2. The molecule has 0 spiro atoms. The van der Waals surface area contributed by atoms with Crippen molar-refractivity contribution in [2.45, 2.75) is 6.92 Å². The summed E-state index contributed by atoms with van der Waals surface area (Å²) in [7, 11) is 4.90. The molecule has 0 saturated heterocycles. The van der Waals surface area contributed by atoms with Crippen molar-refractivity contribution in [3.8, 4) is 16.9 Å². The molecule has 35 heavy (non-hydrogen) atoms. The molecule has 0 fully saturated rings. The van der Waals surface area contributed by atoms with Crippen LogP contribution < -0.4 is 4.74 Å². The van der Waals surface area contributed by atoms with Gasteiger partial charge >= 0.3 is 0 Å². The summed E-state index contributed by atoms with van der Waals surface area (Å²) >= 11 is 0. The smallest absolute Gasteiger partial charge is 0.221 e. The lowest BCUT2D eigenvalue weighted by Gasteiger charge is -2.12. The molecule has 0 aromatic heterocycles. The normalized spacial score (nSPS) is 11.8. The van der Waals surface area contributed by atoms with E-state index in [9.17, 15) is 0 Å². The third-order valence-corrected chi connectivity index (χ3v) is 5.58. The zero-order valence-corrected chi connectivity index (χ0v) is 20.4. The van der Waals surface area contributed by atoms with Gasteiger partial charge in [0.15, 0.2) is 0 Å². The summed E-state index contributed by atoms with van der Waals surface area (Å²) in [5.41, 5.74) is 6.51. The SMILES string of the molecule is CO/C(=N\c1ccc(-c2ccc(/N=C(\OC)c3ccccc3)c(OC)c2)cc1C)c1ccccc1. The highest BCUT2D eigenvalue weighted by atomic mass is 16.5. The van der Waals surface area contributed by atoms with Crippen molar-refractivity contribution in [1.29, 1.82) is 0 Å². The first-order chi connectivity index (χ1) is 17.1. The first-order valence-electron chi connectivity index (χ1n) is 11.3. The average Bonchev–Trinajstić information content (AvgIpc) is 2.92. The molecule has 4 aromatic rings. The van der Waals surface area contributed by atoms with Crippen molar-refractivity contribution in [3.63, 3.8) is 0 Å². The van der Waals surface area contributed by atoms with E-state index in [1.54, 1.807) is 21.3 Å². The van der Waals surface area contributed by atoms with Crippen LogP contribution in [0, 0.1) is 6.92 Å². The number of aryl methyl sites for hydroxylation is 1. The first kappa shape index (κ1) is 23.8. The predicted molar refractivity (Wildman–Crippen MR) is 142 cm³/mol. The largest absolute Gasteiger partial charge is 0.494 e. The van der Waals surface area contributed by atoms with Gasteiger partial charge in [0.25, 0.3) is 0 Å². The summed E-state index contributed by atoms with van der Waals surface area (Å²) in [5.74, 6) is 1.78. The minimum Gasteiger partial charge on any atom is -0.494 e. The number of benzene rings is 4. The summed E-state index contributed by atoms with van der Waals surface area (Å²) in [4.78, 5) is 9.43. The van der Waals surface area contributed by atoms with E-state index in [0.29, 0.717) is 23.2 Å². The number of rotatable bonds is 6. The van der Waals surface area contributed by atoms with Gasteiger partial charge in [0, 0.05) is 11.1 Å². The van der Waals surface area contributed by atoms with Crippen molar-refractivity contribution in [2.24, 2.45) is 9.98 Å². The topological polar surface area (TPSA) is 52.4 Å². The molecule has 0 bridgehead atoms. The molecule has 0 amide bonds. The van der Waals surface area contributed by atoms with Crippen LogP contribution in [0.4, 0.5) is 11.4 Å². The molecule has 0 aliphatic carbocycles. The maximum absolute atomic E-state index is 5.66. The number of hydrogen-bond acceptors (Lipinski definition) is 5. The molecule has 0 aliphatic heterocycles. The summed E-state index contributed by atoms with van der Waals surface area (Å²) in [6.45, 7) is 2.04. The lowest BCUT2D eigenvalue weighted by molar-refractivity contribution is 0.402. The van der Waals surface area contributed by atoms with E-state index in [4.69, 9.17) is 24.2 Å². The summed E-state index contributed by atoms with van der Waals surface area (Å²) < 4.78 is 16.7. The molecular formula is C30H28N2O3. The van der Waals surface area contributed by atoms with Gasteiger partial charge in [-0.15, -0.1) is 0 Å². The molecule has 4 rings (SSSR count). The van der Waals surface area contributed by atoms with Gasteiger partial charge in [-0.3, -0.25) is 0 Å². The van der Waals surface area contributed by atoms with Gasteiger partial charge < -0.3 is 14.2 Å². The van der Waals surface area contributed by atoms with Gasteiger partial charge in [-0.1, -0.05) is 48.5 Å². The fourth-order valence-corrected chi connectivity index (χ4v) is 3.75. The van der Waals surface area contributed by atoms with Crippen molar-refractivity contribution < 1.29 is 14.2 Å². The van der Waals surface area contributed by atoms with Crippen LogP contribution in [0.1, 0.15) is 16.7 Å². The van der Waals surface area contributed by atoms with E-state index in [-0.39, 0.29) is 0 Å². The van der Waals surface area contributed by atoms with E-state index in [1.165, 1.54) is 0 Å². The summed E-state index contributed by atoms with van der Waals surface area (Å²) in [6, 6.07) is 31.8. The molecule has 0 heterocycles. The first-order valence-corrected chi connectivity index (χ1v) is 11.3. The van der Waals surface area contributed by atoms with Crippen molar-refractivity contribution in [1.82, 2.24) is 0 Å². The Morgan fingerprint density at radius 2 is 1.06 bits per heavy atom. The quantitative estimate of drug-likeness (QED) is 0.225. The zero-order chi connectivity index (χ0) is 24.6. The minimum absolute atomic E-state index is 0.530. The highest BCUT2D eigenvalue weighted by Gasteiger charge is 2.11. The fraction of sp³-hybridized carbons (Fsp3) is 0.133. The minimum atomic E-state index is 0.530. The number of aliphatic imine (C=N–C) groups is 2. The number of methoxy groups -OCH3 is 3. The number of ether oxygens (including phenoxy) is 3. The van der Waals surface area contributed by atoms with E-state index in [2.05, 4.69) is 6.07 Å². The lowest BCUT2D eigenvalue weighted by Crippen LogP contribution is -2.03. The lowest BCUT2D eigenvalue weighted by atomic mass is 10.0. The third-order valence-electron chi connectivity index (χ3n) is 5.58. The molecule has 0 atom stereocenters. The molecule has 5 nitrogen and oxygen atoms in total. The third kappa shape index (κ3) is 5.58. The van der Waals surface area contributed by atoms with E-state index >= 15 is 0 Å². The standard InChI is InChI=1S/C30H28N2O3/c1-21-19-24(15-17-26(21)31-29(34-3)22-11-7-5-8-12-22)25-16-18-27(28(20-25)33-2)32-30(35-4)23-13-9-6-10-14-23/h5-20H,1-4H3/b31-29-,32-30-. The molecule has 0 unspecified atom stereocenters. The van der Waals surface area contributed by atoms with Crippen LogP contribution in [-0.2, 0) is 9.47 Å². The zero-order valence-electron chi connectivity index (χ0n) is 20.4. The van der Waals surface area contributed by atoms with Crippen LogP contribution in [0.5, 0.6) is 5.75 Å². The van der Waals surface area contributed by atoms with Crippen LogP contribution >= 0.6 is 0 Å². The molecule has 0 aliphatic rings. The number of hydrogen-bond donors (Lipinski definition) is 0.